The van der Waals surface area contributed by atoms with Crippen LogP contribution in [0.25, 0.3) is 0 Å². The quantitative estimate of drug-likeness (QED) is 0.286. The van der Waals surface area contributed by atoms with Crippen LogP contribution in [-0.4, -0.2) is 50.5 Å². The molecule has 1 N–H and O–H groups in total. The molecule has 0 aliphatic rings. The second kappa shape index (κ2) is 14.4. The lowest BCUT2D eigenvalue weighted by Gasteiger charge is -2.32. The van der Waals surface area contributed by atoms with E-state index in [1.807, 2.05) is 61.5 Å². The Hall–Kier alpha value is -3.86. The van der Waals surface area contributed by atoms with Gasteiger partial charge in [-0.2, -0.15) is 13.2 Å². The van der Waals surface area contributed by atoms with Crippen molar-refractivity contribution in [2.24, 2.45) is 0 Å². The van der Waals surface area contributed by atoms with Gasteiger partial charge in [0.25, 0.3) is 0 Å². The van der Waals surface area contributed by atoms with E-state index in [1.165, 1.54) is 11.0 Å². The zero-order chi connectivity index (χ0) is 30.9. The molecule has 11 heteroatoms. The number of anilines is 1. The van der Waals surface area contributed by atoms with E-state index in [4.69, 9.17) is 0 Å². The monoisotopic (exact) mass is 603 g/mol. The van der Waals surface area contributed by atoms with Gasteiger partial charge < -0.3 is 10.2 Å². The van der Waals surface area contributed by atoms with Gasteiger partial charge in [0.1, 0.15) is 6.04 Å². The molecular weight excluding hydrogens is 567 g/mol. The van der Waals surface area contributed by atoms with Gasteiger partial charge in [-0.15, -0.1) is 0 Å². The highest BCUT2D eigenvalue weighted by molar-refractivity contribution is 7.92. The van der Waals surface area contributed by atoms with Crippen LogP contribution in [0.1, 0.15) is 42.0 Å². The second-order valence-corrected chi connectivity index (χ2v) is 12.0. The molecule has 0 saturated heterocycles. The van der Waals surface area contributed by atoms with E-state index < -0.39 is 27.8 Å². The molecule has 42 heavy (non-hydrogen) atoms. The predicted molar refractivity (Wildman–Crippen MR) is 157 cm³/mol. The summed E-state index contributed by atoms with van der Waals surface area (Å²) < 4.78 is 65.8. The third-order valence-electron chi connectivity index (χ3n) is 6.71. The van der Waals surface area contributed by atoms with Gasteiger partial charge in [-0.25, -0.2) is 8.42 Å². The van der Waals surface area contributed by atoms with E-state index in [-0.39, 0.29) is 49.9 Å². The Morgan fingerprint density at radius 2 is 1.60 bits per heavy atom. The average molecular weight is 604 g/mol. The normalized spacial score (nSPS) is 12.4. The van der Waals surface area contributed by atoms with Crippen LogP contribution in [0.5, 0.6) is 0 Å². The van der Waals surface area contributed by atoms with Gasteiger partial charge in [0.05, 0.1) is 17.5 Å². The van der Waals surface area contributed by atoms with Gasteiger partial charge in [0.15, 0.2) is 0 Å². The number of nitrogens with zero attached hydrogens (tertiary/aromatic N) is 2. The number of hydrogen-bond donors (Lipinski definition) is 1. The largest absolute Gasteiger partial charge is 0.416 e. The molecule has 0 aromatic heterocycles. The number of rotatable bonds is 13. The first-order valence-electron chi connectivity index (χ1n) is 13.6. The topological polar surface area (TPSA) is 86.8 Å². The van der Waals surface area contributed by atoms with Crippen LogP contribution in [0.15, 0.2) is 78.9 Å². The number of sulfonamides is 1. The number of carbonyl (C=O) groups excluding carboxylic acids is 2. The summed E-state index contributed by atoms with van der Waals surface area (Å²) in [4.78, 5) is 28.5. The van der Waals surface area contributed by atoms with Crippen LogP contribution in [-0.2, 0) is 38.8 Å². The number of halogens is 3. The predicted octanol–water partition coefficient (Wildman–Crippen LogP) is 5.34. The summed E-state index contributed by atoms with van der Waals surface area (Å²) in [5, 5.41) is 2.82. The van der Waals surface area contributed by atoms with Crippen molar-refractivity contribution < 1.29 is 31.2 Å². The van der Waals surface area contributed by atoms with E-state index in [0.29, 0.717) is 6.54 Å². The van der Waals surface area contributed by atoms with Crippen molar-refractivity contribution >= 4 is 27.5 Å². The Labute approximate surface area is 245 Å². The number of amides is 2. The van der Waals surface area contributed by atoms with Crippen LogP contribution in [0.4, 0.5) is 18.9 Å². The van der Waals surface area contributed by atoms with Crippen LogP contribution >= 0.6 is 0 Å². The first-order valence-corrected chi connectivity index (χ1v) is 15.5. The highest BCUT2D eigenvalue weighted by Crippen LogP contribution is 2.32. The summed E-state index contributed by atoms with van der Waals surface area (Å²) in [6.45, 7) is 4.04. The molecule has 7 nitrogen and oxygen atoms in total. The lowest BCUT2D eigenvalue weighted by molar-refractivity contribution is -0.141. The Morgan fingerprint density at radius 3 is 2.19 bits per heavy atom. The van der Waals surface area contributed by atoms with Crippen molar-refractivity contribution in [3.63, 3.8) is 0 Å². The minimum absolute atomic E-state index is 0.0278. The molecule has 2 amide bonds. The number of benzene rings is 3. The SMILES string of the molecule is CCNC(=O)[C@@H](Cc1ccccc1)N(Cc1ccc(C)cc1)C(=O)CCCN(c1cccc(C(F)(F)F)c1)S(C)(=O)=O. The maximum atomic E-state index is 13.7. The number of carbonyl (C=O) groups is 2. The van der Waals surface area contributed by atoms with Gasteiger partial charge in [-0.3, -0.25) is 13.9 Å². The number of alkyl halides is 3. The van der Waals surface area contributed by atoms with Crippen LogP contribution in [0, 0.1) is 6.92 Å². The van der Waals surface area contributed by atoms with Crippen LogP contribution < -0.4 is 9.62 Å². The third kappa shape index (κ3) is 9.34. The van der Waals surface area contributed by atoms with Gasteiger partial charge in [-0.05, 0) is 49.6 Å². The highest BCUT2D eigenvalue weighted by atomic mass is 32.2. The molecule has 3 rings (SSSR count). The van der Waals surface area contributed by atoms with Crippen molar-refractivity contribution in [2.45, 2.75) is 51.9 Å². The zero-order valence-electron chi connectivity index (χ0n) is 23.9. The maximum absolute atomic E-state index is 13.7. The minimum atomic E-state index is -4.64. The molecule has 0 unspecified atom stereocenters. The average Bonchev–Trinajstić information content (AvgIpc) is 2.93. The second-order valence-electron chi connectivity index (χ2n) is 10.1. The summed E-state index contributed by atoms with van der Waals surface area (Å²) in [5.74, 6) is -0.691. The molecule has 0 aliphatic carbocycles. The van der Waals surface area contributed by atoms with Crippen molar-refractivity contribution in [3.05, 3.63) is 101 Å². The molecule has 0 radical (unpaired) electrons. The summed E-state index contributed by atoms with van der Waals surface area (Å²) in [5.41, 5.74) is 1.61. The molecule has 0 spiro atoms. The van der Waals surface area contributed by atoms with Crippen molar-refractivity contribution in [1.82, 2.24) is 10.2 Å². The van der Waals surface area contributed by atoms with Gasteiger partial charge in [0, 0.05) is 32.5 Å². The number of hydrogen-bond acceptors (Lipinski definition) is 4. The maximum Gasteiger partial charge on any atom is 0.416 e. The van der Waals surface area contributed by atoms with Crippen molar-refractivity contribution in [2.75, 3.05) is 23.7 Å². The Bertz CT molecular complexity index is 1450. The number of nitrogens with one attached hydrogen (secondary N) is 1. The molecule has 3 aromatic carbocycles. The van der Waals surface area contributed by atoms with Gasteiger partial charge >= 0.3 is 6.18 Å². The molecule has 0 aliphatic heterocycles. The fraction of sp³-hybridized carbons (Fsp3) is 0.355. The van der Waals surface area contributed by atoms with E-state index in [1.54, 1.807) is 6.92 Å². The first kappa shape index (κ1) is 32.7. The van der Waals surface area contributed by atoms with Crippen molar-refractivity contribution in [3.8, 4) is 0 Å². The Kier molecular flexibility index (Phi) is 11.2. The van der Waals surface area contributed by atoms with Gasteiger partial charge in [0.2, 0.25) is 21.8 Å². The molecule has 0 bridgehead atoms. The van der Waals surface area contributed by atoms with Crippen LogP contribution in [0.3, 0.4) is 0 Å². The third-order valence-corrected chi connectivity index (χ3v) is 7.90. The molecule has 0 fully saturated rings. The summed E-state index contributed by atoms with van der Waals surface area (Å²) in [6, 6.07) is 20.1. The fourth-order valence-electron chi connectivity index (χ4n) is 4.58. The summed E-state index contributed by atoms with van der Waals surface area (Å²) in [6.07, 6.45) is -3.56. The molecule has 226 valence electrons. The molecule has 3 aromatic rings. The molecule has 0 heterocycles. The Morgan fingerprint density at radius 1 is 0.929 bits per heavy atom. The summed E-state index contributed by atoms with van der Waals surface area (Å²) >= 11 is 0. The van der Waals surface area contributed by atoms with Crippen LogP contribution in [0.2, 0.25) is 0 Å². The van der Waals surface area contributed by atoms with E-state index in [2.05, 4.69) is 5.32 Å². The van der Waals surface area contributed by atoms with E-state index in [0.717, 1.165) is 45.5 Å². The van der Waals surface area contributed by atoms with E-state index >= 15 is 0 Å². The highest BCUT2D eigenvalue weighted by Gasteiger charge is 2.32. The molecular formula is C31H36F3N3O4S. The summed E-state index contributed by atoms with van der Waals surface area (Å²) in [7, 11) is -3.95. The molecule has 0 saturated carbocycles. The smallest absolute Gasteiger partial charge is 0.355 e. The van der Waals surface area contributed by atoms with Gasteiger partial charge in [-0.1, -0.05) is 66.2 Å². The van der Waals surface area contributed by atoms with E-state index in [9.17, 15) is 31.2 Å². The first-order chi connectivity index (χ1) is 19.8. The van der Waals surface area contributed by atoms with Crippen molar-refractivity contribution in [1.29, 1.82) is 0 Å². The standard InChI is InChI=1S/C31H36F3N3O4S/c1-4-35-30(39)28(20-24-10-6-5-7-11-24)36(22-25-17-15-23(2)16-18-25)29(38)14-9-19-37(42(3,40)41)27-13-8-12-26(21-27)31(32,33)34/h5-8,10-13,15-18,21,28H,4,9,14,19-20,22H2,1-3H3,(H,35,39)/t28-/m1/s1. The fourth-order valence-corrected chi connectivity index (χ4v) is 5.53. The Balaban J connectivity index is 1.87. The zero-order valence-corrected chi connectivity index (χ0v) is 24.7. The lowest BCUT2D eigenvalue weighted by atomic mass is 10.0. The number of likely N-dealkylation sites (N-methyl/N-ethyl adjacent to an activating group) is 1. The number of aryl methyl sites for hydroxylation is 1. The lowest BCUT2D eigenvalue weighted by Crippen LogP contribution is -2.50. The minimum Gasteiger partial charge on any atom is -0.355 e. The molecule has 1 atom stereocenters.